The maximum Gasteiger partial charge on any atom is 0.266 e. The second-order valence-corrected chi connectivity index (χ2v) is 6.48. The molecule has 1 aromatic carbocycles. The van der Waals surface area contributed by atoms with Crippen LogP contribution in [0.1, 0.15) is 5.56 Å². The molecule has 0 N–H and O–H groups in total. The number of hydrogen-bond donors (Lipinski definition) is 0. The molecule has 3 nitrogen and oxygen atoms in total. The molecule has 2 rings (SSSR count). The summed E-state index contributed by atoms with van der Waals surface area (Å²) >= 11 is 12.5. The summed E-state index contributed by atoms with van der Waals surface area (Å²) in [5.74, 6) is 0.503. The first-order valence-electron chi connectivity index (χ1n) is 6.46. The highest BCUT2D eigenvalue weighted by Crippen LogP contribution is 2.34. The molecular weight excluding hydrogens is 338 g/mol. The van der Waals surface area contributed by atoms with E-state index in [1.165, 1.54) is 16.7 Å². The molecule has 0 atom stereocenters. The number of ether oxygens (including phenoxy) is 1. The molecule has 1 saturated heterocycles. The topological polar surface area (TPSA) is 29.5 Å². The Bertz CT molecular complexity index is 670. The van der Waals surface area contributed by atoms with Crippen molar-refractivity contribution in [3.8, 4) is 5.75 Å². The predicted molar refractivity (Wildman–Crippen MR) is 97.2 cm³/mol. The van der Waals surface area contributed by atoms with Crippen molar-refractivity contribution >= 4 is 51.9 Å². The standard InChI is InChI=1S/C16H14ClNO2S2/c1-3-7-18-15(19)14(22-16(18)21)10-11-9-12(17)5-6-13(11)20-8-4-2/h3-6,9-10H,1-2,7-8H2/b14-10+. The van der Waals surface area contributed by atoms with Gasteiger partial charge in [0, 0.05) is 17.1 Å². The largest absolute Gasteiger partial charge is 0.489 e. The van der Waals surface area contributed by atoms with E-state index < -0.39 is 0 Å². The summed E-state index contributed by atoms with van der Waals surface area (Å²) in [7, 11) is 0. The van der Waals surface area contributed by atoms with E-state index in [-0.39, 0.29) is 5.91 Å². The minimum atomic E-state index is -0.135. The first-order chi connectivity index (χ1) is 10.6. The fraction of sp³-hybridized carbons (Fsp3) is 0.125. The summed E-state index contributed by atoms with van der Waals surface area (Å²) in [5.41, 5.74) is 0.730. The maximum atomic E-state index is 12.3. The summed E-state index contributed by atoms with van der Waals surface area (Å²) in [6, 6.07) is 5.25. The quantitative estimate of drug-likeness (QED) is 0.434. The van der Waals surface area contributed by atoms with Gasteiger partial charge in [-0.2, -0.15) is 0 Å². The van der Waals surface area contributed by atoms with Crippen molar-refractivity contribution in [2.75, 3.05) is 13.2 Å². The van der Waals surface area contributed by atoms with Crippen LogP contribution in [0, 0.1) is 0 Å². The number of carbonyl (C=O) groups excluding carboxylic acids is 1. The average molecular weight is 352 g/mol. The molecule has 0 aromatic heterocycles. The molecule has 0 spiro atoms. The molecule has 0 bridgehead atoms. The summed E-state index contributed by atoms with van der Waals surface area (Å²) < 4.78 is 6.10. The van der Waals surface area contributed by atoms with Crippen LogP contribution >= 0.6 is 35.6 Å². The van der Waals surface area contributed by atoms with Crippen LogP contribution in [0.4, 0.5) is 0 Å². The number of hydrogen-bond acceptors (Lipinski definition) is 4. The average Bonchev–Trinajstić information content (AvgIpc) is 2.74. The molecule has 1 heterocycles. The SMILES string of the molecule is C=CCOc1ccc(Cl)cc1/C=C1/SC(=S)N(CC=C)C1=O. The number of benzene rings is 1. The molecule has 0 radical (unpaired) electrons. The molecule has 1 aliphatic heterocycles. The number of thioether (sulfide) groups is 1. The van der Waals surface area contributed by atoms with Crippen molar-refractivity contribution in [2.24, 2.45) is 0 Å². The van der Waals surface area contributed by atoms with Gasteiger partial charge in [0.05, 0.1) is 4.91 Å². The zero-order valence-electron chi connectivity index (χ0n) is 11.8. The van der Waals surface area contributed by atoms with Crippen LogP contribution in [-0.2, 0) is 4.79 Å². The first-order valence-corrected chi connectivity index (χ1v) is 8.06. The van der Waals surface area contributed by atoms with Crippen LogP contribution < -0.4 is 4.74 Å². The van der Waals surface area contributed by atoms with E-state index in [0.29, 0.717) is 33.1 Å². The van der Waals surface area contributed by atoms with E-state index in [1.54, 1.807) is 36.4 Å². The maximum absolute atomic E-state index is 12.3. The fourth-order valence-corrected chi connectivity index (χ4v) is 3.29. The Hall–Kier alpha value is -1.56. The lowest BCUT2D eigenvalue weighted by Crippen LogP contribution is -2.27. The Labute approximate surface area is 144 Å². The Morgan fingerprint density at radius 2 is 2.14 bits per heavy atom. The van der Waals surface area contributed by atoms with Crippen LogP contribution in [0.25, 0.3) is 6.08 Å². The van der Waals surface area contributed by atoms with Crippen LogP contribution in [0.15, 0.2) is 48.4 Å². The van der Waals surface area contributed by atoms with Crippen LogP contribution in [-0.4, -0.2) is 28.3 Å². The van der Waals surface area contributed by atoms with Gasteiger partial charge in [-0.1, -0.05) is 54.3 Å². The van der Waals surface area contributed by atoms with Crippen molar-refractivity contribution in [3.63, 3.8) is 0 Å². The Kier molecular flexibility index (Phi) is 5.83. The second kappa shape index (κ2) is 7.63. The van der Waals surface area contributed by atoms with Crippen molar-refractivity contribution in [3.05, 3.63) is 59.0 Å². The number of carbonyl (C=O) groups is 1. The summed E-state index contributed by atoms with van der Waals surface area (Å²) in [6.07, 6.45) is 5.04. The third kappa shape index (κ3) is 3.80. The van der Waals surface area contributed by atoms with Gasteiger partial charge in [0.25, 0.3) is 5.91 Å². The monoisotopic (exact) mass is 351 g/mol. The highest BCUT2D eigenvalue weighted by atomic mass is 35.5. The molecule has 0 aliphatic carbocycles. The van der Waals surface area contributed by atoms with Crippen LogP contribution in [0.5, 0.6) is 5.75 Å². The second-order valence-electron chi connectivity index (χ2n) is 4.36. The molecule has 1 aromatic rings. The summed E-state index contributed by atoms with van der Waals surface area (Å²) in [4.78, 5) is 14.4. The number of halogens is 1. The van der Waals surface area contributed by atoms with E-state index in [4.69, 9.17) is 28.6 Å². The van der Waals surface area contributed by atoms with E-state index in [9.17, 15) is 4.79 Å². The number of thiocarbonyl (C=S) groups is 1. The summed E-state index contributed by atoms with van der Waals surface area (Å²) in [5, 5.41) is 0.568. The number of nitrogens with zero attached hydrogens (tertiary/aromatic N) is 1. The predicted octanol–water partition coefficient (Wildman–Crippen LogP) is 4.29. The smallest absolute Gasteiger partial charge is 0.266 e. The third-order valence-electron chi connectivity index (χ3n) is 2.80. The van der Waals surface area contributed by atoms with Crippen LogP contribution in [0.3, 0.4) is 0 Å². The van der Waals surface area contributed by atoms with Gasteiger partial charge in [0.1, 0.15) is 16.7 Å². The fourth-order valence-electron chi connectivity index (χ4n) is 1.84. The van der Waals surface area contributed by atoms with Gasteiger partial charge in [-0.15, -0.1) is 6.58 Å². The van der Waals surface area contributed by atoms with Crippen molar-refractivity contribution in [2.45, 2.75) is 0 Å². The Balaban J connectivity index is 2.34. The lowest BCUT2D eigenvalue weighted by atomic mass is 10.2. The Morgan fingerprint density at radius 1 is 1.36 bits per heavy atom. The molecule has 6 heteroatoms. The molecule has 1 fully saturated rings. The van der Waals surface area contributed by atoms with E-state index in [1.807, 2.05) is 0 Å². The van der Waals surface area contributed by atoms with E-state index in [2.05, 4.69) is 13.2 Å². The molecule has 114 valence electrons. The molecule has 1 amide bonds. The zero-order valence-corrected chi connectivity index (χ0v) is 14.1. The van der Waals surface area contributed by atoms with Crippen molar-refractivity contribution in [1.82, 2.24) is 4.90 Å². The highest BCUT2D eigenvalue weighted by Gasteiger charge is 2.31. The van der Waals surface area contributed by atoms with Gasteiger partial charge in [0.2, 0.25) is 0 Å². The zero-order chi connectivity index (χ0) is 16.1. The minimum Gasteiger partial charge on any atom is -0.489 e. The lowest BCUT2D eigenvalue weighted by Gasteiger charge is -2.10. The molecule has 1 aliphatic rings. The normalized spacial score (nSPS) is 16.2. The van der Waals surface area contributed by atoms with Gasteiger partial charge in [-0.3, -0.25) is 9.69 Å². The number of amides is 1. The number of rotatable bonds is 6. The van der Waals surface area contributed by atoms with Gasteiger partial charge in [-0.25, -0.2) is 0 Å². The van der Waals surface area contributed by atoms with Crippen molar-refractivity contribution < 1.29 is 9.53 Å². The Morgan fingerprint density at radius 3 is 2.82 bits per heavy atom. The molecule has 0 saturated carbocycles. The van der Waals surface area contributed by atoms with Gasteiger partial charge in [0.15, 0.2) is 0 Å². The molecule has 22 heavy (non-hydrogen) atoms. The van der Waals surface area contributed by atoms with E-state index in [0.717, 1.165) is 5.56 Å². The van der Waals surface area contributed by atoms with Crippen molar-refractivity contribution in [1.29, 1.82) is 0 Å². The highest BCUT2D eigenvalue weighted by molar-refractivity contribution is 8.26. The molecule has 0 unspecified atom stereocenters. The first kappa shape index (κ1) is 16.8. The lowest BCUT2D eigenvalue weighted by molar-refractivity contribution is -0.121. The van der Waals surface area contributed by atoms with Crippen LogP contribution in [0.2, 0.25) is 5.02 Å². The van der Waals surface area contributed by atoms with Gasteiger partial charge >= 0.3 is 0 Å². The summed E-state index contributed by atoms with van der Waals surface area (Å²) in [6.45, 7) is 8.03. The minimum absolute atomic E-state index is 0.135. The van der Waals surface area contributed by atoms with Gasteiger partial charge in [-0.05, 0) is 24.3 Å². The third-order valence-corrected chi connectivity index (χ3v) is 4.41. The van der Waals surface area contributed by atoms with Gasteiger partial charge < -0.3 is 4.74 Å². The molecular formula is C16H14ClNO2S2. The van der Waals surface area contributed by atoms with E-state index >= 15 is 0 Å².